The molecule has 184 valence electrons. The molecule has 0 amide bonds. The van der Waals surface area contributed by atoms with E-state index in [4.69, 9.17) is 0 Å². The van der Waals surface area contributed by atoms with E-state index in [2.05, 4.69) is 10.2 Å². The van der Waals surface area contributed by atoms with Crippen molar-refractivity contribution in [2.75, 3.05) is 0 Å². The number of phenolic OH excluding ortho intramolecular Hbond substituents is 2. The second-order valence-corrected chi connectivity index (χ2v) is 9.83. The molecule has 5 aromatic rings. The number of nitrogens with zero attached hydrogens (tertiary/aromatic N) is 4. The fraction of sp³-hybridized carbons (Fsp3) is 0.185. The van der Waals surface area contributed by atoms with Gasteiger partial charge in [-0.15, -0.1) is 10.2 Å². The molecule has 2 heterocycles. The third-order valence-corrected chi connectivity index (χ3v) is 7.13. The van der Waals surface area contributed by atoms with Crippen molar-refractivity contribution in [2.24, 2.45) is 7.05 Å². The van der Waals surface area contributed by atoms with E-state index in [-0.39, 0.29) is 28.7 Å². The molecule has 0 aliphatic carbocycles. The summed E-state index contributed by atoms with van der Waals surface area (Å²) < 4.78 is 32.3. The fourth-order valence-electron chi connectivity index (χ4n) is 4.22. The minimum absolute atomic E-state index is 0.000679. The van der Waals surface area contributed by atoms with Gasteiger partial charge in [0.1, 0.15) is 23.1 Å². The summed E-state index contributed by atoms with van der Waals surface area (Å²) in [5.74, 6) is -1.06. The molecule has 0 aliphatic heterocycles. The number of halogens is 2. The molecule has 0 saturated carbocycles. The Kier molecular flexibility index (Phi) is 6.17. The summed E-state index contributed by atoms with van der Waals surface area (Å²) in [5.41, 5.74) is 2.75. The lowest BCUT2D eigenvalue weighted by atomic mass is 9.98. The highest BCUT2D eigenvalue weighted by molar-refractivity contribution is 7.98. The van der Waals surface area contributed by atoms with Crippen LogP contribution in [-0.2, 0) is 12.8 Å². The number of hydrogen-bond donors (Lipinski definition) is 2. The van der Waals surface area contributed by atoms with Gasteiger partial charge in [0.05, 0.1) is 11.3 Å². The van der Waals surface area contributed by atoms with Crippen LogP contribution in [0.4, 0.5) is 8.78 Å². The van der Waals surface area contributed by atoms with E-state index < -0.39 is 11.6 Å². The number of aromatic hydroxyl groups is 2. The molecule has 5 rings (SSSR count). The van der Waals surface area contributed by atoms with Gasteiger partial charge in [0.25, 0.3) is 0 Å². The van der Waals surface area contributed by atoms with Crippen molar-refractivity contribution in [3.63, 3.8) is 0 Å². The van der Waals surface area contributed by atoms with Crippen LogP contribution in [-0.4, -0.2) is 29.5 Å². The first-order valence-electron chi connectivity index (χ1n) is 11.4. The number of hydrogen-bond acceptors (Lipinski definition) is 5. The van der Waals surface area contributed by atoms with Gasteiger partial charge >= 0.3 is 0 Å². The Balaban J connectivity index is 1.67. The zero-order chi connectivity index (χ0) is 25.6. The molecule has 2 N–H and O–H groups in total. The Morgan fingerprint density at radius 2 is 1.69 bits per heavy atom. The van der Waals surface area contributed by atoms with E-state index in [9.17, 15) is 19.0 Å². The van der Waals surface area contributed by atoms with Crippen molar-refractivity contribution in [3.05, 3.63) is 83.6 Å². The number of thioether (sulfide) groups is 1. The van der Waals surface area contributed by atoms with Gasteiger partial charge in [0, 0.05) is 41.5 Å². The van der Waals surface area contributed by atoms with Gasteiger partial charge in [-0.25, -0.2) is 8.78 Å². The summed E-state index contributed by atoms with van der Waals surface area (Å²) in [4.78, 5) is 0. The first-order valence-corrected chi connectivity index (χ1v) is 12.4. The van der Waals surface area contributed by atoms with Crippen molar-refractivity contribution in [1.82, 2.24) is 19.3 Å². The van der Waals surface area contributed by atoms with Crippen molar-refractivity contribution < 1.29 is 19.0 Å². The normalized spacial score (nSPS) is 11.6. The zero-order valence-electron chi connectivity index (χ0n) is 19.9. The van der Waals surface area contributed by atoms with Crippen molar-refractivity contribution in [3.8, 4) is 28.6 Å². The van der Waals surface area contributed by atoms with Gasteiger partial charge in [0.15, 0.2) is 11.0 Å². The number of benzene rings is 3. The topological polar surface area (TPSA) is 76.1 Å². The smallest absolute Gasteiger partial charge is 0.196 e. The second kappa shape index (κ2) is 9.31. The predicted octanol–water partition coefficient (Wildman–Crippen LogP) is 6.53. The number of rotatable bonds is 6. The molecule has 0 saturated heterocycles. The van der Waals surface area contributed by atoms with E-state index in [0.717, 1.165) is 28.4 Å². The van der Waals surface area contributed by atoms with Gasteiger partial charge < -0.3 is 14.8 Å². The summed E-state index contributed by atoms with van der Waals surface area (Å²) >= 11 is 1.14. The maximum atomic E-state index is 14.3. The van der Waals surface area contributed by atoms with Crippen LogP contribution in [0.1, 0.15) is 30.9 Å². The Morgan fingerprint density at radius 3 is 2.42 bits per heavy atom. The molecule has 0 bridgehead atoms. The molecule has 9 heteroatoms. The van der Waals surface area contributed by atoms with Gasteiger partial charge in [-0.2, -0.15) is 0 Å². The highest BCUT2D eigenvalue weighted by Crippen LogP contribution is 2.40. The largest absolute Gasteiger partial charge is 0.508 e. The van der Waals surface area contributed by atoms with E-state index in [0.29, 0.717) is 22.1 Å². The van der Waals surface area contributed by atoms with E-state index >= 15 is 0 Å². The first-order chi connectivity index (χ1) is 17.2. The third-order valence-electron chi connectivity index (χ3n) is 6.18. The Labute approximate surface area is 210 Å². The lowest BCUT2D eigenvalue weighted by Gasteiger charge is -2.15. The molecule has 2 aromatic heterocycles. The Morgan fingerprint density at radius 1 is 0.944 bits per heavy atom. The van der Waals surface area contributed by atoms with Crippen LogP contribution >= 0.6 is 11.8 Å². The Hall–Kier alpha value is -3.85. The highest BCUT2D eigenvalue weighted by Gasteiger charge is 2.22. The number of phenols is 2. The standard InChI is InChI=1S/C27H24F2N4O2S/c1-15(2)18-12-19(25(35)13-24(18)34)26-30-31-27(36-14-20-21(28)5-4-6-22(20)29)33(26)17-7-8-23-16(11-17)9-10-32(23)3/h4-13,15,34-35H,14H2,1-3H3. The van der Waals surface area contributed by atoms with Crippen LogP contribution in [0, 0.1) is 11.6 Å². The average molecular weight is 507 g/mol. The van der Waals surface area contributed by atoms with Gasteiger partial charge in [-0.05, 0) is 53.9 Å². The van der Waals surface area contributed by atoms with E-state index in [1.807, 2.05) is 55.9 Å². The van der Waals surface area contributed by atoms with E-state index in [1.165, 1.54) is 24.3 Å². The third kappa shape index (κ3) is 4.19. The molecule has 0 radical (unpaired) electrons. The molecular formula is C27H24F2N4O2S. The molecule has 36 heavy (non-hydrogen) atoms. The minimum atomic E-state index is -0.628. The van der Waals surface area contributed by atoms with Crippen LogP contribution in [0.2, 0.25) is 0 Å². The first kappa shape index (κ1) is 23.9. The molecule has 0 fully saturated rings. The molecule has 0 atom stereocenters. The van der Waals surface area contributed by atoms with Crippen molar-refractivity contribution in [2.45, 2.75) is 30.7 Å². The predicted molar refractivity (Wildman–Crippen MR) is 137 cm³/mol. The monoisotopic (exact) mass is 506 g/mol. The van der Waals surface area contributed by atoms with Crippen LogP contribution in [0.15, 0.2) is 66.0 Å². The number of fused-ring (bicyclic) bond motifs is 1. The maximum absolute atomic E-state index is 14.3. The summed E-state index contributed by atoms with van der Waals surface area (Å²) in [5, 5.41) is 31.1. The lowest BCUT2D eigenvalue weighted by Crippen LogP contribution is -2.02. The van der Waals surface area contributed by atoms with Crippen LogP contribution in [0.3, 0.4) is 0 Å². The van der Waals surface area contributed by atoms with Gasteiger partial charge in [-0.1, -0.05) is 31.7 Å². The molecule has 0 spiro atoms. The second-order valence-electron chi connectivity index (χ2n) is 8.88. The zero-order valence-corrected chi connectivity index (χ0v) is 20.7. The van der Waals surface area contributed by atoms with Crippen molar-refractivity contribution in [1.29, 1.82) is 0 Å². The van der Waals surface area contributed by atoms with Crippen molar-refractivity contribution >= 4 is 22.7 Å². The molecule has 3 aromatic carbocycles. The summed E-state index contributed by atoms with van der Waals surface area (Å²) in [6.07, 6.45) is 1.96. The van der Waals surface area contributed by atoms with Crippen LogP contribution in [0.25, 0.3) is 28.0 Å². The fourth-order valence-corrected chi connectivity index (χ4v) is 5.19. The SMILES string of the molecule is CC(C)c1cc(-c2nnc(SCc3c(F)cccc3F)n2-c2ccc3c(ccn3C)c2)c(O)cc1O. The summed E-state index contributed by atoms with van der Waals surface area (Å²) in [6.45, 7) is 3.88. The quantitative estimate of drug-likeness (QED) is 0.256. The Bertz CT molecular complexity index is 1570. The van der Waals surface area contributed by atoms with Gasteiger partial charge in [-0.3, -0.25) is 4.57 Å². The average Bonchev–Trinajstić information content (AvgIpc) is 3.42. The number of aryl methyl sites for hydroxylation is 1. The molecular weight excluding hydrogens is 482 g/mol. The highest BCUT2D eigenvalue weighted by atomic mass is 32.2. The number of aromatic nitrogens is 4. The molecule has 0 unspecified atom stereocenters. The lowest BCUT2D eigenvalue weighted by molar-refractivity contribution is 0.444. The summed E-state index contributed by atoms with van der Waals surface area (Å²) in [7, 11) is 1.96. The molecule has 6 nitrogen and oxygen atoms in total. The van der Waals surface area contributed by atoms with Gasteiger partial charge in [0.2, 0.25) is 0 Å². The van der Waals surface area contributed by atoms with Crippen LogP contribution < -0.4 is 0 Å². The summed E-state index contributed by atoms with van der Waals surface area (Å²) in [6, 6.07) is 14.6. The maximum Gasteiger partial charge on any atom is 0.196 e. The minimum Gasteiger partial charge on any atom is -0.508 e. The van der Waals surface area contributed by atoms with E-state index in [1.54, 1.807) is 10.6 Å². The van der Waals surface area contributed by atoms with Crippen LogP contribution in [0.5, 0.6) is 11.5 Å². The molecule has 0 aliphatic rings.